The van der Waals surface area contributed by atoms with Gasteiger partial charge in [0.15, 0.2) is 5.43 Å². The van der Waals surface area contributed by atoms with Crippen molar-refractivity contribution >= 4 is 17.5 Å². The highest BCUT2D eigenvalue weighted by Gasteiger charge is 2.11. The predicted octanol–water partition coefficient (Wildman–Crippen LogP) is 1.82. The van der Waals surface area contributed by atoms with Crippen LogP contribution in [-0.2, 0) is 0 Å². The Bertz CT molecular complexity index is 442. The Labute approximate surface area is 105 Å². The van der Waals surface area contributed by atoms with Gasteiger partial charge in [-0.2, -0.15) is 0 Å². The minimum atomic E-state index is -0.381. The fourth-order valence-corrected chi connectivity index (χ4v) is 1.76. The summed E-state index contributed by atoms with van der Waals surface area (Å²) < 4.78 is 0. The van der Waals surface area contributed by atoms with Crippen LogP contribution >= 0.6 is 11.6 Å². The van der Waals surface area contributed by atoms with E-state index in [1.54, 1.807) is 6.92 Å². The van der Waals surface area contributed by atoms with E-state index in [4.69, 9.17) is 11.6 Å². The van der Waals surface area contributed by atoms with Gasteiger partial charge >= 0.3 is 0 Å². The number of H-pyrrole nitrogens is 1. The second-order valence-corrected chi connectivity index (χ2v) is 4.61. The minimum Gasteiger partial charge on any atom is -0.364 e. The number of halogens is 1. The van der Waals surface area contributed by atoms with Crippen LogP contribution in [0.15, 0.2) is 17.1 Å². The fraction of sp³-hybridized carbons (Fsp3) is 0.500. The van der Waals surface area contributed by atoms with E-state index >= 15 is 0 Å². The van der Waals surface area contributed by atoms with Gasteiger partial charge in [-0.1, -0.05) is 13.3 Å². The Hall–Kier alpha value is -1.29. The Morgan fingerprint density at radius 1 is 1.59 bits per heavy atom. The van der Waals surface area contributed by atoms with Gasteiger partial charge in [-0.05, 0) is 13.3 Å². The molecule has 0 fully saturated rings. The van der Waals surface area contributed by atoms with Crippen molar-refractivity contribution in [3.8, 4) is 0 Å². The molecule has 0 saturated carbocycles. The number of hydrogen-bond donors (Lipinski definition) is 2. The van der Waals surface area contributed by atoms with Crippen molar-refractivity contribution in [1.29, 1.82) is 0 Å². The van der Waals surface area contributed by atoms with E-state index in [2.05, 4.69) is 10.3 Å². The first-order valence-corrected chi connectivity index (χ1v) is 6.09. The monoisotopic (exact) mass is 256 g/mol. The van der Waals surface area contributed by atoms with Crippen LogP contribution in [0.4, 0.5) is 0 Å². The van der Waals surface area contributed by atoms with Crippen molar-refractivity contribution < 1.29 is 4.79 Å². The number of aryl methyl sites for hydroxylation is 1. The molecule has 0 aliphatic heterocycles. The normalized spacial score (nSPS) is 12.2. The molecule has 94 valence electrons. The molecular formula is C12H17ClN2O2. The van der Waals surface area contributed by atoms with Crippen LogP contribution in [0.2, 0.25) is 0 Å². The first-order chi connectivity index (χ1) is 8.04. The Balaban J connectivity index is 2.61. The molecule has 0 aliphatic carbocycles. The van der Waals surface area contributed by atoms with Crippen LogP contribution in [0.1, 0.15) is 35.8 Å². The standard InChI is InChI=1S/C12H17ClN2O2/c1-3-4-9(13)6-15-12(17)10-7-14-8(2)5-11(10)16/h5,7,9H,3-4,6H2,1-2H3,(H,14,16)(H,15,17). The highest BCUT2D eigenvalue weighted by molar-refractivity contribution is 6.20. The van der Waals surface area contributed by atoms with Gasteiger partial charge in [-0.15, -0.1) is 11.6 Å². The van der Waals surface area contributed by atoms with Crippen LogP contribution < -0.4 is 10.7 Å². The zero-order valence-corrected chi connectivity index (χ0v) is 10.8. The van der Waals surface area contributed by atoms with Crippen molar-refractivity contribution in [2.75, 3.05) is 6.54 Å². The Morgan fingerprint density at radius 2 is 2.29 bits per heavy atom. The summed E-state index contributed by atoms with van der Waals surface area (Å²) in [4.78, 5) is 26.1. The van der Waals surface area contributed by atoms with Gasteiger partial charge in [-0.25, -0.2) is 0 Å². The largest absolute Gasteiger partial charge is 0.364 e. The van der Waals surface area contributed by atoms with Crippen LogP contribution in [-0.4, -0.2) is 22.8 Å². The Kier molecular flexibility index (Phi) is 5.22. The Morgan fingerprint density at radius 3 is 2.88 bits per heavy atom. The SMILES string of the molecule is CCCC(Cl)CNC(=O)c1c[nH]c(C)cc1=O. The lowest BCUT2D eigenvalue weighted by Gasteiger charge is -2.09. The number of carbonyl (C=O) groups excluding carboxylic acids is 1. The number of hydrogen-bond acceptors (Lipinski definition) is 2. The maximum Gasteiger partial charge on any atom is 0.256 e. The lowest BCUT2D eigenvalue weighted by atomic mass is 10.2. The van der Waals surface area contributed by atoms with Gasteiger partial charge in [0.2, 0.25) is 0 Å². The smallest absolute Gasteiger partial charge is 0.256 e. The van der Waals surface area contributed by atoms with Crippen LogP contribution in [0.3, 0.4) is 0 Å². The maximum absolute atomic E-state index is 11.7. The van der Waals surface area contributed by atoms with Gasteiger partial charge in [0, 0.05) is 24.5 Å². The van der Waals surface area contributed by atoms with Crippen molar-refractivity contribution in [2.45, 2.75) is 32.1 Å². The molecule has 0 radical (unpaired) electrons. The van der Waals surface area contributed by atoms with Gasteiger partial charge in [0.05, 0.1) is 5.38 Å². The van der Waals surface area contributed by atoms with Crippen LogP contribution in [0, 0.1) is 6.92 Å². The minimum absolute atomic E-state index is 0.0894. The third-order valence-electron chi connectivity index (χ3n) is 2.39. The van der Waals surface area contributed by atoms with Gasteiger partial charge in [0.1, 0.15) is 5.56 Å². The molecule has 4 nitrogen and oxygen atoms in total. The first kappa shape index (κ1) is 13.8. The van der Waals surface area contributed by atoms with Crippen molar-refractivity contribution in [3.63, 3.8) is 0 Å². The molecule has 0 aromatic carbocycles. The fourth-order valence-electron chi connectivity index (χ4n) is 1.46. The number of amides is 1. The molecule has 0 bridgehead atoms. The van der Waals surface area contributed by atoms with Crippen molar-refractivity contribution in [3.05, 3.63) is 33.7 Å². The highest BCUT2D eigenvalue weighted by Crippen LogP contribution is 2.03. The molecule has 5 heteroatoms. The van der Waals surface area contributed by atoms with E-state index in [0.29, 0.717) is 6.54 Å². The lowest BCUT2D eigenvalue weighted by molar-refractivity contribution is 0.0952. The number of nitrogens with one attached hydrogen (secondary N) is 2. The van der Waals surface area contributed by atoms with E-state index in [9.17, 15) is 9.59 Å². The summed E-state index contributed by atoms with van der Waals surface area (Å²) in [6, 6.07) is 1.40. The third kappa shape index (κ3) is 4.23. The number of carbonyl (C=O) groups is 1. The number of alkyl halides is 1. The summed E-state index contributed by atoms with van der Waals surface area (Å²) >= 11 is 5.98. The summed E-state index contributed by atoms with van der Waals surface area (Å²) in [5.41, 5.74) is 0.573. The zero-order valence-electron chi connectivity index (χ0n) is 10.0. The second-order valence-electron chi connectivity index (χ2n) is 3.99. The van der Waals surface area contributed by atoms with E-state index < -0.39 is 0 Å². The first-order valence-electron chi connectivity index (χ1n) is 5.66. The maximum atomic E-state index is 11.7. The van der Waals surface area contributed by atoms with Gasteiger partial charge < -0.3 is 10.3 Å². The molecule has 1 unspecified atom stereocenters. The van der Waals surface area contributed by atoms with Crippen LogP contribution in [0.5, 0.6) is 0 Å². The third-order valence-corrected chi connectivity index (χ3v) is 2.76. The zero-order chi connectivity index (χ0) is 12.8. The van der Waals surface area contributed by atoms with E-state index in [0.717, 1.165) is 18.5 Å². The molecule has 1 aromatic heterocycles. The number of pyridine rings is 1. The molecule has 0 spiro atoms. The average Bonchev–Trinajstić information content (AvgIpc) is 2.26. The number of aromatic amines is 1. The molecular weight excluding hydrogens is 240 g/mol. The summed E-state index contributed by atoms with van der Waals surface area (Å²) in [7, 11) is 0. The topological polar surface area (TPSA) is 62.0 Å². The quantitative estimate of drug-likeness (QED) is 0.790. The molecule has 1 atom stereocenters. The molecule has 1 amide bonds. The average molecular weight is 257 g/mol. The summed E-state index contributed by atoms with van der Waals surface area (Å²) in [5.74, 6) is -0.381. The van der Waals surface area contributed by atoms with Crippen molar-refractivity contribution in [1.82, 2.24) is 10.3 Å². The lowest BCUT2D eigenvalue weighted by Crippen LogP contribution is -2.33. The van der Waals surface area contributed by atoms with Crippen LogP contribution in [0.25, 0.3) is 0 Å². The molecule has 1 rings (SSSR count). The van der Waals surface area contributed by atoms with Gasteiger partial charge in [-0.3, -0.25) is 9.59 Å². The van der Waals surface area contributed by atoms with E-state index in [1.165, 1.54) is 12.3 Å². The molecule has 1 heterocycles. The molecule has 0 aliphatic rings. The van der Waals surface area contributed by atoms with E-state index in [1.807, 2.05) is 6.92 Å². The molecule has 1 aromatic rings. The highest BCUT2D eigenvalue weighted by atomic mass is 35.5. The second kappa shape index (κ2) is 6.45. The summed E-state index contributed by atoms with van der Waals surface area (Å²) in [6.07, 6.45) is 3.23. The predicted molar refractivity (Wildman–Crippen MR) is 68.7 cm³/mol. The summed E-state index contributed by atoms with van der Waals surface area (Å²) in [6.45, 7) is 4.17. The summed E-state index contributed by atoms with van der Waals surface area (Å²) in [5, 5.41) is 2.56. The molecule has 0 saturated heterocycles. The number of rotatable bonds is 5. The van der Waals surface area contributed by atoms with Gasteiger partial charge in [0.25, 0.3) is 5.91 Å². The number of aromatic nitrogens is 1. The van der Waals surface area contributed by atoms with Crippen molar-refractivity contribution in [2.24, 2.45) is 0 Å². The molecule has 2 N–H and O–H groups in total. The van der Waals surface area contributed by atoms with E-state index in [-0.39, 0.29) is 22.3 Å². The molecule has 17 heavy (non-hydrogen) atoms.